The van der Waals surface area contributed by atoms with Crippen molar-refractivity contribution in [2.75, 3.05) is 13.7 Å². The molecule has 0 spiro atoms. The fourth-order valence-corrected chi connectivity index (χ4v) is 4.00. The minimum Gasteiger partial charge on any atom is -0.326 e. The predicted molar refractivity (Wildman–Crippen MR) is 117 cm³/mol. The highest BCUT2D eigenvalue weighted by molar-refractivity contribution is 6.31. The van der Waals surface area contributed by atoms with E-state index in [-0.39, 0.29) is 18.6 Å². The van der Waals surface area contributed by atoms with Crippen LogP contribution in [0.2, 0.25) is 5.02 Å². The maximum atomic E-state index is 12.6. The summed E-state index contributed by atoms with van der Waals surface area (Å²) in [6.45, 7) is 9.53. The quantitative estimate of drug-likeness (QED) is 0.649. The molecule has 1 aromatic heterocycles. The summed E-state index contributed by atoms with van der Waals surface area (Å²) in [6.07, 6.45) is 0.651. The first-order chi connectivity index (χ1) is 14.2. The zero-order chi connectivity index (χ0) is 22.0. The number of nitrogens with zero attached hydrogens (tertiary/aromatic N) is 4. The van der Waals surface area contributed by atoms with Crippen LogP contribution in [0.1, 0.15) is 42.8 Å². The van der Waals surface area contributed by atoms with Crippen molar-refractivity contribution in [2.45, 2.75) is 53.2 Å². The van der Waals surface area contributed by atoms with Crippen molar-refractivity contribution in [1.29, 1.82) is 0 Å². The molecule has 1 unspecified atom stereocenters. The van der Waals surface area contributed by atoms with Gasteiger partial charge in [0, 0.05) is 22.8 Å². The molecule has 0 saturated carbocycles. The molecule has 1 atom stereocenters. The molecule has 30 heavy (non-hydrogen) atoms. The lowest BCUT2D eigenvalue weighted by atomic mass is 10.0. The third kappa shape index (κ3) is 4.84. The van der Waals surface area contributed by atoms with Gasteiger partial charge in [0.25, 0.3) is 5.91 Å². The van der Waals surface area contributed by atoms with Gasteiger partial charge in [0.15, 0.2) is 0 Å². The Morgan fingerprint density at radius 1 is 1.23 bits per heavy atom. The van der Waals surface area contributed by atoms with E-state index >= 15 is 0 Å². The number of rotatable bonds is 8. The molecule has 1 fully saturated rings. The molecule has 2 aromatic rings. The Hall–Kier alpha value is -2.38. The lowest BCUT2D eigenvalue weighted by Gasteiger charge is -2.22. The summed E-state index contributed by atoms with van der Waals surface area (Å²) in [7, 11) is 1.90. The largest absolute Gasteiger partial charge is 0.326 e. The van der Waals surface area contributed by atoms with Crippen molar-refractivity contribution >= 4 is 23.5 Å². The van der Waals surface area contributed by atoms with Crippen LogP contribution in [0.15, 0.2) is 24.3 Å². The molecule has 0 aliphatic carbocycles. The maximum absolute atomic E-state index is 12.6. The van der Waals surface area contributed by atoms with Gasteiger partial charge in [0.2, 0.25) is 0 Å². The second-order valence-corrected chi connectivity index (χ2v) is 8.86. The number of aryl methyl sites for hydroxylation is 1. The molecule has 1 aromatic carbocycles. The number of amides is 3. The average Bonchev–Trinajstić information content (AvgIpc) is 3.07. The van der Waals surface area contributed by atoms with Crippen molar-refractivity contribution in [1.82, 2.24) is 24.9 Å². The standard InChI is InChI=1S/C22H30ClN5O2/c1-14(2)10-20-21(29)27(22(30)24-20)13-26(5)12-18-15(3)25-28(16(18)4)11-17-8-6-7-9-19(17)23/h6-9,14,20H,10-13H2,1-5H3,(H,24,30). The van der Waals surface area contributed by atoms with Gasteiger partial charge in [-0.1, -0.05) is 43.6 Å². The van der Waals surface area contributed by atoms with Gasteiger partial charge in [-0.3, -0.25) is 14.4 Å². The molecule has 1 aliphatic rings. The molecule has 7 nitrogen and oxygen atoms in total. The van der Waals surface area contributed by atoms with E-state index in [0.29, 0.717) is 25.4 Å². The number of carbonyl (C=O) groups is 2. The van der Waals surface area contributed by atoms with Crippen LogP contribution in [-0.2, 0) is 17.9 Å². The molecule has 8 heteroatoms. The van der Waals surface area contributed by atoms with Crippen LogP contribution >= 0.6 is 11.6 Å². The smallest absolute Gasteiger partial charge is 0.325 e. The highest BCUT2D eigenvalue weighted by atomic mass is 35.5. The molecular formula is C22H30ClN5O2. The van der Waals surface area contributed by atoms with E-state index in [2.05, 4.69) is 10.4 Å². The second-order valence-electron chi connectivity index (χ2n) is 8.45. The van der Waals surface area contributed by atoms with E-state index in [4.69, 9.17) is 11.6 Å². The number of carbonyl (C=O) groups excluding carboxylic acids is 2. The Morgan fingerprint density at radius 2 is 1.93 bits per heavy atom. The number of hydrogen-bond donors (Lipinski definition) is 1. The normalized spacial score (nSPS) is 16.8. The van der Waals surface area contributed by atoms with Crippen molar-refractivity contribution in [3.63, 3.8) is 0 Å². The van der Waals surface area contributed by atoms with Crippen molar-refractivity contribution in [2.24, 2.45) is 5.92 Å². The number of nitrogens with one attached hydrogen (secondary N) is 1. The Balaban J connectivity index is 1.68. The molecular weight excluding hydrogens is 402 g/mol. The van der Waals surface area contributed by atoms with E-state index in [0.717, 1.165) is 27.5 Å². The highest BCUT2D eigenvalue weighted by Crippen LogP contribution is 2.21. The van der Waals surface area contributed by atoms with E-state index in [1.165, 1.54) is 4.90 Å². The Labute approximate surface area is 183 Å². The minimum absolute atomic E-state index is 0.150. The zero-order valence-corrected chi connectivity index (χ0v) is 19.0. The van der Waals surface area contributed by atoms with Gasteiger partial charge in [0.1, 0.15) is 6.04 Å². The summed E-state index contributed by atoms with van der Waals surface area (Å²) >= 11 is 6.30. The lowest BCUT2D eigenvalue weighted by molar-refractivity contribution is -0.129. The van der Waals surface area contributed by atoms with E-state index < -0.39 is 6.04 Å². The van der Waals surface area contributed by atoms with Crippen LogP contribution in [0.3, 0.4) is 0 Å². The van der Waals surface area contributed by atoms with Gasteiger partial charge in [-0.05, 0) is 44.9 Å². The molecule has 3 amide bonds. The highest BCUT2D eigenvalue weighted by Gasteiger charge is 2.38. The van der Waals surface area contributed by atoms with Gasteiger partial charge in [-0.25, -0.2) is 9.69 Å². The first-order valence-corrected chi connectivity index (χ1v) is 10.6. The van der Waals surface area contributed by atoms with Crippen LogP contribution in [-0.4, -0.2) is 51.3 Å². The monoisotopic (exact) mass is 431 g/mol. The summed E-state index contributed by atoms with van der Waals surface area (Å²) in [5, 5.41) is 8.19. The summed E-state index contributed by atoms with van der Waals surface area (Å²) in [6, 6.07) is 7.01. The van der Waals surface area contributed by atoms with Crippen LogP contribution in [0.5, 0.6) is 0 Å². The van der Waals surface area contributed by atoms with Crippen LogP contribution in [0.4, 0.5) is 4.79 Å². The summed E-state index contributed by atoms with van der Waals surface area (Å²) in [4.78, 5) is 28.1. The lowest BCUT2D eigenvalue weighted by Crippen LogP contribution is -2.40. The molecule has 2 heterocycles. The topological polar surface area (TPSA) is 70.5 Å². The van der Waals surface area contributed by atoms with Crippen molar-refractivity contribution in [3.8, 4) is 0 Å². The van der Waals surface area contributed by atoms with Crippen molar-refractivity contribution in [3.05, 3.63) is 51.8 Å². The summed E-state index contributed by atoms with van der Waals surface area (Å²) in [5.74, 6) is 0.189. The SMILES string of the molecule is Cc1nn(Cc2ccccc2Cl)c(C)c1CN(C)CN1C(=O)NC(CC(C)C)C1=O. The molecule has 1 aliphatic heterocycles. The number of benzene rings is 1. The molecule has 3 rings (SSSR count). The molecule has 1 N–H and O–H groups in total. The fraction of sp³-hybridized carbons (Fsp3) is 0.500. The van der Waals surface area contributed by atoms with Crippen LogP contribution < -0.4 is 5.32 Å². The van der Waals surface area contributed by atoms with Crippen LogP contribution in [0.25, 0.3) is 0 Å². The Kier molecular flexibility index (Phi) is 6.83. The van der Waals surface area contributed by atoms with E-state index in [1.807, 2.05) is 68.6 Å². The van der Waals surface area contributed by atoms with Gasteiger partial charge in [-0.2, -0.15) is 5.10 Å². The van der Waals surface area contributed by atoms with Crippen molar-refractivity contribution < 1.29 is 9.59 Å². The summed E-state index contributed by atoms with van der Waals surface area (Å²) in [5.41, 5.74) is 4.09. The van der Waals surface area contributed by atoms with Gasteiger partial charge < -0.3 is 5.32 Å². The van der Waals surface area contributed by atoms with Gasteiger partial charge >= 0.3 is 6.03 Å². The number of urea groups is 1. The van der Waals surface area contributed by atoms with Gasteiger partial charge in [-0.15, -0.1) is 0 Å². The first-order valence-electron chi connectivity index (χ1n) is 10.2. The number of imide groups is 1. The third-order valence-electron chi connectivity index (χ3n) is 5.43. The number of halogens is 1. The molecule has 0 radical (unpaired) electrons. The number of aromatic nitrogens is 2. The second kappa shape index (κ2) is 9.18. The van der Waals surface area contributed by atoms with Crippen LogP contribution in [0, 0.1) is 19.8 Å². The summed E-state index contributed by atoms with van der Waals surface area (Å²) < 4.78 is 1.95. The first kappa shape index (κ1) is 22.3. The fourth-order valence-electron chi connectivity index (χ4n) is 3.81. The maximum Gasteiger partial charge on any atom is 0.325 e. The zero-order valence-electron chi connectivity index (χ0n) is 18.3. The van der Waals surface area contributed by atoms with Gasteiger partial charge in [0.05, 0.1) is 18.9 Å². The molecule has 0 bridgehead atoms. The Morgan fingerprint density at radius 3 is 2.60 bits per heavy atom. The molecule has 1 saturated heterocycles. The third-order valence-corrected chi connectivity index (χ3v) is 5.80. The predicted octanol–water partition coefficient (Wildman–Crippen LogP) is 3.56. The average molecular weight is 432 g/mol. The van der Waals surface area contributed by atoms with E-state index in [9.17, 15) is 9.59 Å². The number of hydrogen-bond acceptors (Lipinski definition) is 4. The Bertz CT molecular complexity index is 940. The minimum atomic E-state index is -0.423. The van der Waals surface area contributed by atoms with E-state index in [1.54, 1.807) is 0 Å². The molecule has 162 valence electrons.